The molecule has 0 radical (unpaired) electrons. The topological polar surface area (TPSA) is 57.4 Å². The number of benzene rings is 10. The summed E-state index contributed by atoms with van der Waals surface area (Å²) in [6.45, 7) is 25.2. The molecule has 0 N–H and O–H groups in total. The molecule has 82 heavy (non-hydrogen) atoms. The van der Waals surface area contributed by atoms with Crippen LogP contribution in [0.4, 0.5) is 13.2 Å². The lowest BCUT2D eigenvalue weighted by Gasteiger charge is -2.23. The number of hydrogen-bond acceptors (Lipinski definition) is 2. The van der Waals surface area contributed by atoms with Gasteiger partial charge in [0.2, 0.25) is 0 Å². The molecule has 402 valence electrons. The molecule has 0 saturated carbocycles. The van der Waals surface area contributed by atoms with Gasteiger partial charge in [-0.15, -0.1) is 0 Å². The quantitative estimate of drug-likeness (QED) is 0.160. The smallest absolute Gasteiger partial charge is 0.309 e. The number of hydrogen-bond donors (Lipinski definition) is 0. The van der Waals surface area contributed by atoms with E-state index in [-0.39, 0.29) is 22.5 Å². The molecule has 0 unspecified atom stereocenters. The van der Waals surface area contributed by atoms with Crippen molar-refractivity contribution in [1.29, 1.82) is 10.5 Å². The number of halogens is 3. The third-order valence-electron chi connectivity index (χ3n) is 16.8. The minimum Gasteiger partial charge on any atom is -0.309 e. The maximum atomic E-state index is 17.4. The number of nitrogens with zero attached hydrogens (tertiary/aromatic N) is 4. The summed E-state index contributed by atoms with van der Waals surface area (Å²) < 4.78 is 55.7. The van der Waals surface area contributed by atoms with Crippen molar-refractivity contribution in [2.75, 3.05) is 0 Å². The van der Waals surface area contributed by atoms with E-state index < -0.39 is 11.7 Å². The van der Waals surface area contributed by atoms with Crippen LogP contribution < -0.4 is 0 Å². The standard InChI is InChI=1S/C75H61F3N4/c1-40-21-44(5)70(45(6)22-40)54-13-17-64-60(32-54)61-33-55(71-46(7)23-41(2)24-47(71)8)14-18-65(61)81(64)68-36-59(58-30-52(38-79)29-53(31-58)39-80)37-69(74(68)75(76,77)78)82-66-19-15-56(72-48(9)25-42(3)26-49(72)10)34-62(66)63-35-57(16-20-67(63)82)73-50(11)27-43(4)28-51(73)12/h13-37H,1-12H3. The van der Waals surface area contributed by atoms with Gasteiger partial charge in [-0.2, -0.15) is 23.7 Å². The number of aryl methyl sites for hydroxylation is 12. The van der Waals surface area contributed by atoms with E-state index in [1.54, 1.807) is 33.4 Å². The summed E-state index contributed by atoms with van der Waals surface area (Å²) in [5.74, 6) is 0. The van der Waals surface area contributed by atoms with Crippen molar-refractivity contribution in [2.45, 2.75) is 89.3 Å². The van der Waals surface area contributed by atoms with Gasteiger partial charge in [-0.3, -0.25) is 0 Å². The molecular formula is C75H61F3N4. The fraction of sp³-hybridized carbons (Fsp3) is 0.173. The van der Waals surface area contributed by atoms with E-state index in [1.165, 1.54) is 6.07 Å². The first-order valence-electron chi connectivity index (χ1n) is 27.8. The van der Waals surface area contributed by atoms with E-state index >= 15 is 13.2 Å². The van der Waals surface area contributed by atoms with Gasteiger partial charge in [0.25, 0.3) is 0 Å². The summed E-state index contributed by atoms with van der Waals surface area (Å²) in [6, 6.07) is 54.3. The Morgan fingerprint density at radius 3 is 0.780 bits per heavy atom. The van der Waals surface area contributed by atoms with Crippen molar-refractivity contribution >= 4 is 43.6 Å². The van der Waals surface area contributed by atoms with Gasteiger partial charge in [-0.25, -0.2) is 0 Å². The van der Waals surface area contributed by atoms with Gasteiger partial charge in [-0.05, 0) is 262 Å². The summed E-state index contributed by atoms with van der Waals surface area (Å²) in [5, 5.41) is 23.9. The Morgan fingerprint density at radius 1 is 0.305 bits per heavy atom. The van der Waals surface area contributed by atoms with E-state index in [0.29, 0.717) is 33.2 Å². The molecule has 0 bridgehead atoms. The summed E-state index contributed by atoms with van der Waals surface area (Å²) in [7, 11) is 0. The lowest BCUT2D eigenvalue weighted by atomic mass is 9.91. The average Bonchev–Trinajstić information content (AvgIpc) is 4.11. The Kier molecular flexibility index (Phi) is 12.8. The Hall–Kier alpha value is -9.43. The molecule has 4 nitrogen and oxygen atoms in total. The third kappa shape index (κ3) is 8.84. The van der Waals surface area contributed by atoms with Gasteiger partial charge >= 0.3 is 6.18 Å². The molecule has 2 heterocycles. The molecule has 2 aromatic heterocycles. The first kappa shape index (κ1) is 53.2. The maximum Gasteiger partial charge on any atom is 0.420 e. The van der Waals surface area contributed by atoms with Gasteiger partial charge in [-0.1, -0.05) is 95.1 Å². The average molecular weight is 1080 g/mol. The molecule has 12 rings (SSSR count). The van der Waals surface area contributed by atoms with E-state index in [9.17, 15) is 10.5 Å². The molecule has 0 aliphatic carbocycles. The molecule has 10 aromatic carbocycles. The zero-order chi connectivity index (χ0) is 58.0. The first-order valence-corrected chi connectivity index (χ1v) is 27.8. The van der Waals surface area contributed by atoms with Crippen LogP contribution in [-0.2, 0) is 6.18 Å². The molecule has 0 aliphatic heterocycles. The summed E-state index contributed by atoms with van der Waals surface area (Å²) in [5.41, 5.74) is 24.3. The van der Waals surface area contributed by atoms with Crippen molar-refractivity contribution in [1.82, 2.24) is 9.13 Å². The highest BCUT2D eigenvalue weighted by atomic mass is 19.4. The second-order valence-corrected chi connectivity index (χ2v) is 23.1. The van der Waals surface area contributed by atoms with Gasteiger partial charge in [0.1, 0.15) is 5.56 Å². The predicted octanol–water partition coefficient (Wildman–Crippen LogP) is 20.7. The van der Waals surface area contributed by atoms with Crippen LogP contribution in [0.5, 0.6) is 0 Å². The maximum absolute atomic E-state index is 17.4. The largest absolute Gasteiger partial charge is 0.420 e. The van der Waals surface area contributed by atoms with Crippen molar-refractivity contribution in [3.05, 3.63) is 235 Å². The van der Waals surface area contributed by atoms with Crippen molar-refractivity contribution in [3.8, 4) is 79.1 Å². The monoisotopic (exact) mass is 1070 g/mol. The van der Waals surface area contributed by atoms with Crippen molar-refractivity contribution < 1.29 is 13.2 Å². The van der Waals surface area contributed by atoms with Crippen LogP contribution in [0.2, 0.25) is 0 Å². The molecule has 0 spiro atoms. The van der Waals surface area contributed by atoms with E-state index in [4.69, 9.17) is 0 Å². The van der Waals surface area contributed by atoms with Crippen LogP contribution in [0, 0.1) is 106 Å². The molecule has 0 fully saturated rings. The predicted molar refractivity (Wildman–Crippen MR) is 334 cm³/mol. The van der Waals surface area contributed by atoms with E-state index in [2.05, 4.69) is 168 Å². The lowest BCUT2D eigenvalue weighted by Crippen LogP contribution is -2.16. The molecular weight excluding hydrogens is 1010 g/mol. The Balaban J connectivity index is 1.24. The Morgan fingerprint density at radius 2 is 0.549 bits per heavy atom. The van der Waals surface area contributed by atoms with Crippen LogP contribution in [0.25, 0.3) is 111 Å². The SMILES string of the molecule is Cc1cc(C)c(-c2ccc3c(c2)c2cc(-c4c(C)cc(C)cc4C)ccc2n3-c2cc(-c3cc(C#N)cc(C#N)c3)cc(-n3c4ccc(-c5c(C)cc(C)cc5C)cc4c4cc(-c5c(C)cc(C)cc5C)ccc43)c2C(F)(F)F)c(C)c1. The van der Waals surface area contributed by atoms with Gasteiger partial charge in [0.15, 0.2) is 0 Å². The third-order valence-corrected chi connectivity index (χ3v) is 16.8. The van der Waals surface area contributed by atoms with Crippen LogP contribution in [0.15, 0.2) is 152 Å². The zero-order valence-electron chi connectivity index (χ0n) is 48.4. The Bertz CT molecular complexity index is 4220. The van der Waals surface area contributed by atoms with Gasteiger partial charge in [0.05, 0.1) is 56.7 Å². The summed E-state index contributed by atoms with van der Waals surface area (Å²) in [4.78, 5) is 0. The second-order valence-electron chi connectivity index (χ2n) is 23.1. The van der Waals surface area contributed by atoms with E-state index in [0.717, 1.165) is 133 Å². The molecule has 0 aliphatic rings. The number of aromatic nitrogens is 2. The number of fused-ring (bicyclic) bond motifs is 6. The summed E-state index contributed by atoms with van der Waals surface area (Å²) >= 11 is 0. The minimum absolute atomic E-state index is 0.0909. The van der Waals surface area contributed by atoms with Crippen LogP contribution >= 0.6 is 0 Å². The van der Waals surface area contributed by atoms with Crippen LogP contribution in [0.3, 0.4) is 0 Å². The van der Waals surface area contributed by atoms with Crippen molar-refractivity contribution in [2.24, 2.45) is 0 Å². The fourth-order valence-corrected chi connectivity index (χ4v) is 14.1. The number of rotatable bonds is 7. The highest BCUT2D eigenvalue weighted by molar-refractivity contribution is 6.14. The molecule has 12 aromatic rings. The van der Waals surface area contributed by atoms with Crippen molar-refractivity contribution in [3.63, 3.8) is 0 Å². The first-order chi connectivity index (χ1) is 39.1. The van der Waals surface area contributed by atoms with Gasteiger partial charge < -0.3 is 9.13 Å². The molecule has 0 amide bonds. The number of alkyl halides is 3. The highest BCUT2D eigenvalue weighted by Crippen LogP contribution is 2.49. The highest BCUT2D eigenvalue weighted by Gasteiger charge is 2.40. The lowest BCUT2D eigenvalue weighted by molar-refractivity contribution is -0.137. The zero-order valence-corrected chi connectivity index (χ0v) is 48.4. The van der Waals surface area contributed by atoms with Gasteiger partial charge in [0, 0.05) is 21.5 Å². The molecule has 0 atom stereocenters. The van der Waals surface area contributed by atoms with Crippen LogP contribution in [0.1, 0.15) is 83.5 Å². The fourth-order valence-electron chi connectivity index (χ4n) is 14.1. The second kappa shape index (κ2) is 19.7. The van der Waals surface area contributed by atoms with E-state index in [1.807, 2.05) is 48.5 Å². The summed E-state index contributed by atoms with van der Waals surface area (Å²) in [6.07, 6.45) is -4.93. The Labute approximate surface area is 477 Å². The van der Waals surface area contributed by atoms with Crippen LogP contribution in [-0.4, -0.2) is 9.13 Å². The molecule has 0 saturated heterocycles. The normalized spacial score (nSPS) is 11.8. The molecule has 7 heteroatoms. The minimum atomic E-state index is -4.93. The number of nitriles is 2.